The van der Waals surface area contributed by atoms with Gasteiger partial charge in [0, 0.05) is 39.0 Å². The molecular formula is C18H24N6O2. The van der Waals surface area contributed by atoms with E-state index in [2.05, 4.69) is 0 Å². The third kappa shape index (κ3) is 10.6. The topological polar surface area (TPSA) is 136 Å². The number of carbonyl (C=O) groups excluding carboxylic acids is 2. The van der Waals surface area contributed by atoms with E-state index < -0.39 is 0 Å². The highest BCUT2D eigenvalue weighted by atomic mass is 16.2. The summed E-state index contributed by atoms with van der Waals surface area (Å²) in [4.78, 5) is 27.3. The van der Waals surface area contributed by atoms with E-state index in [1.165, 1.54) is 9.80 Å². The molecule has 0 N–H and O–H groups in total. The molecule has 0 atom stereocenters. The molecule has 26 heavy (non-hydrogen) atoms. The first kappa shape index (κ1) is 22.9. The molecule has 0 heterocycles. The summed E-state index contributed by atoms with van der Waals surface area (Å²) in [6, 6.07) is 7.94. The number of hydrogen-bond acceptors (Lipinski definition) is 6. The number of nitrogens with zero attached hydrogens (tertiary/aromatic N) is 6. The minimum absolute atomic E-state index is 0.117. The Bertz CT molecular complexity index is 515. The van der Waals surface area contributed by atoms with Crippen molar-refractivity contribution in [1.82, 2.24) is 9.80 Å². The number of nitriles is 4. The zero-order chi connectivity index (χ0) is 19.6. The maximum absolute atomic E-state index is 12.2. The van der Waals surface area contributed by atoms with Gasteiger partial charge in [-0.1, -0.05) is 0 Å². The molecule has 0 rings (SSSR count). The van der Waals surface area contributed by atoms with Crippen LogP contribution >= 0.6 is 0 Å². The lowest BCUT2D eigenvalue weighted by molar-refractivity contribution is -0.133. The molecule has 8 heteroatoms. The Hall–Kier alpha value is -3.10. The average Bonchev–Trinajstić information content (AvgIpc) is 2.65. The highest BCUT2D eigenvalue weighted by Gasteiger charge is 2.15. The smallest absolute Gasteiger partial charge is 0.222 e. The SMILES string of the molecule is N#CCCN(CCC#N)C(=O)CCCCC(=O)N(CCC#N)CCC#N. The summed E-state index contributed by atoms with van der Waals surface area (Å²) in [7, 11) is 0. The number of unbranched alkanes of at least 4 members (excludes halogenated alkanes) is 1. The molecule has 0 fully saturated rings. The Labute approximate surface area is 154 Å². The molecule has 138 valence electrons. The van der Waals surface area contributed by atoms with E-state index in [4.69, 9.17) is 21.0 Å². The molecule has 0 aliphatic heterocycles. The molecule has 0 radical (unpaired) electrons. The van der Waals surface area contributed by atoms with Crippen molar-refractivity contribution in [3.63, 3.8) is 0 Å². The Morgan fingerprint density at radius 3 is 1.08 bits per heavy atom. The van der Waals surface area contributed by atoms with E-state index in [1.807, 2.05) is 24.3 Å². The second kappa shape index (κ2) is 15.4. The normalized spacial score (nSPS) is 9.23. The molecule has 0 aromatic rings. The molecule has 0 aliphatic carbocycles. The van der Waals surface area contributed by atoms with Gasteiger partial charge >= 0.3 is 0 Å². The Kier molecular flexibility index (Phi) is 13.6. The van der Waals surface area contributed by atoms with Crippen LogP contribution in [-0.4, -0.2) is 47.8 Å². The molecule has 0 aliphatic rings. The van der Waals surface area contributed by atoms with Crippen molar-refractivity contribution in [2.45, 2.75) is 51.4 Å². The minimum atomic E-state index is -0.117. The van der Waals surface area contributed by atoms with Gasteiger partial charge in [-0.05, 0) is 12.8 Å². The van der Waals surface area contributed by atoms with Crippen LogP contribution in [0.3, 0.4) is 0 Å². The summed E-state index contributed by atoms with van der Waals surface area (Å²) in [6.45, 7) is 1.25. The van der Waals surface area contributed by atoms with Gasteiger partial charge in [-0.3, -0.25) is 9.59 Å². The molecular weight excluding hydrogens is 332 g/mol. The van der Waals surface area contributed by atoms with Crippen LogP contribution in [0.5, 0.6) is 0 Å². The van der Waals surface area contributed by atoms with E-state index in [1.54, 1.807) is 0 Å². The van der Waals surface area contributed by atoms with Gasteiger partial charge in [0.2, 0.25) is 11.8 Å². The summed E-state index contributed by atoms with van der Waals surface area (Å²) in [6.07, 6.45) is 2.49. The Morgan fingerprint density at radius 2 is 0.846 bits per heavy atom. The summed E-state index contributed by atoms with van der Waals surface area (Å²) < 4.78 is 0. The van der Waals surface area contributed by atoms with Crippen molar-refractivity contribution >= 4 is 11.8 Å². The minimum Gasteiger partial charge on any atom is -0.341 e. The first-order valence-electron chi connectivity index (χ1n) is 8.64. The van der Waals surface area contributed by atoms with Crippen LogP contribution < -0.4 is 0 Å². The maximum atomic E-state index is 12.2. The molecule has 2 amide bonds. The Balaban J connectivity index is 4.30. The molecule has 0 saturated heterocycles. The number of hydrogen-bond donors (Lipinski definition) is 0. The van der Waals surface area contributed by atoms with Crippen molar-refractivity contribution in [1.29, 1.82) is 21.0 Å². The van der Waals surface area contributed by atoms with Crippen molar-refractivity contribution in [2.75, 3.05) is 26.2 Å². The lowest BCUT2D eigenvalue weighted by atomic mass is 10.1. The fourth-order valence-electron chi connectivity index (χ4n) is 2.33. The van der Waals surface area contributed by atoms with Crippen LogP contribution in [0.15, 0.2) is 0 Å². The highest BCUT2D eigenvalue weighted by Crippen LogP contribution is 2.08. The average molecular weight is 356 g/mol. The Morgan fingerprint density at radius 1 is 0.577 bits per heavy atom. The predicted octanol–water partition coefficient (Wildman–Crippen LogP) is 1.86. The van der Waals surface area contributed by atoms with Gasteiger partial charge in [-0.15, -0.1) is 0 Å². The highest BCUT2D eigenvalue weighted by molar-refractivity contribution is 5.77. The fraction of sp³-hybridized carbons (Fsp3) is 0.667. The number of amides is 2. The summed E-state index contributed by atoms with van der Waals surface area (Å²) in [5, 5.41) is 34.5. The lowest BCUT2D eigenvalue weighted by Gasteiger charge is -2.21. The van der Waals surface area contributed by atoms with Gasteiger partial charge < -0.3 is 9.80 Å². The second-order valence-corrected chi connectivity index (χ2v) is 5.60. The number of carbonyl (C=O) groups is 2. The molecule has 0 aromatic carbocycles. The molecule has 0 spiro atoms. The predicted molar refractivity (Wildman–Crippen MR) is 92.5 cm³/mol. The van der Waals surface area contributed by atoms with E-state index in [-0.39, 0.29) is 50.3 Å². The van der Waals surface area contributed by atoms with Crippen molar-refractivity contribution < 1.29 is 9.59 Å². The van der Waals surface area contributed by atoms with Crippen LogP contribution in [-0.2, 0) is 9.59 Å². The summed E-state index contributed by atoms with van der Waals surface area (Å²) in [5.41, 5.74) is 0. The maximum Gasteiger partial charge on any atom is 0.222 e. The van der Waals surface area contributed by atoms with Crippen molar-refractivity contribution in [3.8, 4) is 24.3 Å². The lowest BCUT2D eigenvalue weighted by Crippen LogP contribution is -2.33. The van der Waals surface area contributed by atoms with Gasteiger partial charge in [-0.2, -0.15) is 21.0 Å². The standard InChI is InChI=1S/C18H24N6O2/c19-9-3-13-23(14-4-10-20)17(25)7-1-2-8-18(26)24(15-5-11-21)16-6-12-22/h1-8,13-16H2. The third-order valence-corrected chi connectivity index (χ3v) is 3.71. The van der Waals surface area contributed by atoms with Crippen molar-refractivity contribution in [3.05, 3.63) is 0 Å². The third-order valence-electron chi connectivity index (χ3n) is 3.71. The zero-order valence-electron chi connectivity index (χ0n) is 15.0. The van der Waals surface area contributed by atoms with Crippen LogP contribution in [0.4, 0.5) is 0 Å². The van der Waals surface area contributed by atoms with Gasteiger partial charge in [0.15, 0.2) is 0 Å². The van der Waals surface area contributed by atoms with Crippen LogP contribution in [0, 0.1) is 45.3 Å². The first-order chi connectivity index (χ1) is 12.6. The molecule has 0 unspecified atom stereocenters. The van der Waals surface area contributed by atoms with Crippen LogP contribution in [0.25, 0.3) is 0 Å². The largest absolute Gasteiger partial charge is 0.341 e. The van der Waals surface area contributed by atoms with Gasteiger partial charge in [-0.25, -0.2) is 0 Å². The molecule has 0 bridgehead atoms. The molecule has 0 aromatic heterocycles. The summed E-state index contributed by atoms with van der Waals surface area (Å²) >= 11 is 0. The van der Waals surface area contributed by atoms with Crippen molar-refractivity contribution in [2.24, 2.45) is 0 Å². The van der Waals surface area contributed by atoms with Crippen LogP contribution in [0.2, 0.25) is 0 Å². The summed E-state index contributed by atoms with van der Waals surface area (Å²) in [5.74, 6) is -0.234. The van der Waals surface area contributed by atoms with Crippen LogP contribution in [0.1, 0.15) is 51.4 Å². The van der Waals surface area contributed by atoms with Gasteiger partial charge in [0.25, 0.3) is 0 Å². The van der Waals surface area contributed by atoms with E-state index in [0.29, 0.717) is 39.0 Å². The zero-order valence-corrected chi connectivity index (χ0v) is 15.0. The second-order valence-electron chi connectivity index (χ2n) is 5.60. The van der Waals surface area contributed by atoms with E-state index >= 15 is 0 Å². The van der Waals surface area contributed by atoms with E-state index in [9.17, 15) is 9.59 Å². The number of rotatable bonds is 13. The first-order valence-corrected chi connectivity index (χ1v) is 8.64. The van der Waals surface area contributed by atoms with Gasteiger partial charge in [0.05, 0.1) is 50.0 Å². The fourth-order valence-corrected chi connectivity index (χ4v) is 2.33. The quantitative estimate of drug-likeness (QED) is 0.462. The monoisotopic (exact) mass is 356 g/mol. The van der Waals surface area contributed by atoms with E-state index in [0.717, 1.165) is 0 Å². The molecule has 0 saturated carbocycles. The molecule has 8 nitrogen and oxygen atoms in total. The van der Waals surface area contributed by atoms with Gasteiger partial charge in [0.1, 0.15) is 0 Å².